The average molecular weight is 396 g/mol. The number of aromatic hydroxyl groups is 1. The number of para-hydroxylation sites is 2. The maximum atomic E-state index is 12.5. The molecule has 10 nitrogen and oxygen atoms in total. The quantitative estimate of drug-likeness (QED) is 0.438. The van der Waals surface area contributed by atoms with Crippen molar-refractivity contribution < 1.29 is 14.8 Å². The van der Waals surface area contributed by atoms with Crippen LogP contribution < -0.4 is 16.4 Å². The second kappa shape index (κ2) is 7.80. The number of nitro benzene ring substituents is 1. The molecule has 0 aliphatic heterocycles. The maximum absolute atomic E-state index is 12.5. The maximum Gasteiger partial charge on any atom is 0.313 e. The third-order valence-electron chi connectivity index (χ3n) is 4.20. The van der Waals surface area contributed by atoms with E-state index in [4.69, 9.17) is 0 Å². The van der Waals surface area contributed by atoms with Gasteiger partial charge in [-0.05, 0) is 18.6 Å². The molecule has 1 amide bonds. The Bertz CT molecular complexity index is 1210. The highest BCUT2D eigenvalue weighted by atomic mass is 16.6. The summed E-state index contributed by atoms with van der Waals surface area (Å²) in [6.07, 6.45) is 0. The Morgan fingerprint density at radius 2 is 1.83 bits per heavy atom. The van der Waals surface area contributed by atoms with Gasteiger partial charge in [-0.1, -0.05) is 42.0 Å². The lowest BCUT2D eigenvalue weighted by Crippen LogP contribution is -2.36. The lowest BCUT2D eigenvalue weighted by molar-refractivity contribution is -0.384. The van der Waals surface area contributed by atoms with Gasteiger partial charge < -0.3 is 10.4 Å². The number of nitro groups is 1. The smallest absolute Gasteiger partial charge is 0.313 e. The second-order valence-corrected chi connectivity index (χ2v) is 6.22. The topological polar surface area (TPSA) is 147 Å². The highest BCUT2D eigenvalue weighted by molar-refractivity contribution is 5.96. The summed E-state index contributed by atoms with van der Waals surface area (Å²) in [6.45, 7) is 1.98. The van der Waals surface area contributed by atoms with Crippen molar-refractivity contribution in [1.82, 2.24) is 15.1 Å². The molecule has 0 bridgehead atoms. The number of H-pyrrole nitrogens is 1. The summed E-state index contributed by atoms with van der Waals surface area (Å²) in [5.41, 5.74) is -1.92. The normalized spacial score (nSPS) is 10.5. The fraction of sp³-hybridized carbons (Fsp3) is 0.105. The summed E-state index contributed by atoms with van der Waals surface area (Å²) in [5.74, 6) is -2.05. The number of amides is 1. The standard InChI is InChI=1S/C19H16N4O6/c1-11-6-8-12(9-7-11)10-20-17(25)15-16(24)19(27)22(21-18(15)26)13-4-2-3-5-14(13)23(28)29/h2-9,24H,10H2,1H3,(H,20,25)(H,21,26). The zero-order valence-electron chi connectivity index (χ0n) is 15.2. The van der Waals surface area contributed by atoms with Crippen LogP contribution in [0.5, 0.6) is 5.75 Å². The molecule has 29 heavy (non-hydrogen) atoms. The van der Waals surface area contributed by atoms with E-state index in [0.717, 1.165) is 17.2 Å². The van der Waals surface area contributed by atoms with Crippen molar-refractivity contribution in [1.29, 1.82) is 0 Å². The molecule has 0 aliphatic rings. The number of rotatable bonds is 5. The monoisotopic (exact) mass is 396 g/mol. The molecule has 10 heteroatoms. The molecule has 0 spiro atoms. The fourth-order valence-corrected chi connectivity index (χ4v) is 2.69. The van der Waals surface area contributed by atoms with Crippen LogP contribution in [0.1, 0.15) is 21.5 Å². The van der Waals surface area contributed by atoms with Crippen molar-refractivity contribution in [2.24, 2.45) is 0 Å². The first-order valence-electron chi connectivity index (χ1n) is 8.45. The molecule has 1 aromatic heterocycles. The molecule has 3 N–H and O–H groups in total. The molecular weight excluding hydrogens is 380 g/mol. The molecule has 0 fully saturated rings. The van der Waals surface area contributed by atoms with E-state index in [-0.39, 0.29) is 12.2 Å². The number of carbonyl (C=O) groups excluding carboxylic acids is 1. The van der Waals surface area contributed by atoms with Crippen LogP contribution in [0.25, 0.3) is 5.69 Å². The van der Waals surface area contributed by atoms with Gasteiger partial charge in [0.2, 0.25) is 5.75 Å². The number of carbonyl (C=O) groups is 1. The van der Waals surface area contributed by atoms with Gasteiger partial charge in [0.05, 0.1) is 4.92 Å². The highest BCUT2D eigenvalue weighted by Crippen LogP contribution is 2.20. The fourth-order valence-electron chi connectivity index (χ4n) is 2.69. The van der Waals surface area contributed by atoms with Crippen molar-refractivity contribution in [3.8, 4) is 11.4 Å². The molecule has 0 saturated carbocycles. The van der Waals surface area contributed by atoms with Gasteiger partial charge in [-0.2, -0.15) is 0 Å². The van der Waals surface area contributed by atoms with Gasteiger partial charge in [-0.3, -0.25) is 29.6 Å². The summed E-state index contributed by atoms with van der Waals surface area (Å²) in [4.78, 5) is 47.6. The van der Waals surface area contributed by atoms with Crippen LogP contribution in [0.15, 0.2) is 58.1 Å². The van der Waals surface area contributed by atoms with Crippen LogP contribution in [0.2, 0.25) is 0 Å². The van der Waals surface area contributed by atoms with Gasteiger partial charge in [-0.15, -0.1) is 0 Å². The zero-order chi connectivity index (χ0) is 21.1. The predicted octanol–water partition coefficient (Wildman–Crippen LogP) is 1.38. The number of aromatic nitrogens is 2. The number of benzene rings is 2. The van der Waals surface area contributed by atoms with Gasteiger partial charge in [0.25, 0.3) is 17.2 Å². The van der Waals surface area contributed by atoms with Crippen LogP contribution in [0, 0.1) is 17.0 Å². The molecule has 0 unspecified atom stereocenters. The zero-order valence-corrected chi connectivity index (χ0v) is 15.2. The summed E-state index contributed by atoms with van der Waals surface area (Å²) >= 11 is 0. The number of aromatic amines is 1. The van der Waals surface area contributed by atoms with Gasteiger partial charge in [-0.25, -0.2) is 4.68 Å². The van der Waals surface area contributed by atoms with E-state index in [1.54, 1.807) is 12.1 Å². The summed E-state index contributed by atoms with van der Waals surface area (Å²) in [5, 5.41) is 25.9. The van der Waals surface area contributed by atoms with Crippen LogP contribution in [0.3, 0.4) is 0 Å². The molecule has 3 aromatic rings. The lowest BCUT2D eigenvalue weighted by Gasteiger charge is -2.10. The minimum Gasteiger partial charge on any atom is -0.502 e. The third-order valence-corrected chi connectivity index (χ3v) is 4.20. The lowest BCUT2D eigenvalue weighted by atomic mass is 10.1. The Balaban J connectivity index is 1.97. The molecule has 0 aliphatic carbocycles. The highest BCUT2D eigenvalue weighted by Gasteiger charge is 2.24. The SMILES string of the molecule is Cc1ccc(CNC(=O)c2c(O)c(=O)n(-c3ccccc3[N+](=O)[O-])[nH]c2=O)cc1. The summed E-state index contributed by atoms with van der Waals surface area (Å²) in [7, 11) is 0. The number of nitrogens with one attached hydrogen (secondary N) is 2. The number of hydrogen-bond acceptors (Lipinski definition) is 6. The van der Waals surface area contributed by atoms with E-state index in [1.165, 1.54) is 18.2 Å². The minimum atomic E-state index is -1.17. The molecule has 0 saturated heterocycles. The van der Waals surface area contributed by atoms with E-state index in [2.05, 4.69) is 10.4 Å². The first kappa shape index (κ1) is 19.5. The molecule has 3 rings (SSSR count). The average Bonchev–Trinajstić information content (AvgIpc) is 2.70. The van der Waals surface area contributed by atoms with Crippen molar-refractivity contribution >= 4 is 11.6 Å². The second-order valence-electron chi connectivity index (χ2n) is 6.22. The van der Waals surface area contributed by atoms with E-state index in [0.29, 0.717) is 4.68 Å². The Labute approximate surface area is 163 Å². The van der Waals surface area contributed by atoms with Crippen molar-refractivity contribution in [3.05, 3.63) is 96.0 Å². The Kier molecular flexibility index (Phi) is 5.26. The number of hydrogen-bond donors (Lipinski definition) is 3. The van der Waals surface area contributed by atoms with Gasteiger partial charge >= 0.3 is 5.56 Å². The van der Waals surface area contributed by atoms with Gasteiger partial charge in [0, 0.05) is 12.6 Å². The van der Waals surface area contributed by atoms with Crippen molar-refractivity contribution in [2.75, 3.05) is 0 Å². The Hall–Kier alpha value is -4.21. The van der Waals surface area contributed by atoms with Crippen LogP contribution in [-0.4, -0.2) is 25.7 Å². The van der Waals surface area contributed by atoms with E-state index >= 15 is 0 Å². The van der Waals surface area contributed by atoms with Crippen LogP contribution >= 0.6 is 0 Å². The summed E-state index contributed by atoms with van der Waals surface area (Å²) in [6, 6.07) is 12.4. The van der Waals surface area contributed by atoms with Gasteiger partial charge in [0.1, 0.15) is 5.69 Å². The van der Waals surface area contributed by atoms with Gasteiger partial charge in [0.15, 0.2) is 5.56 Å². The molecule has 0 radical (unpaired) electrons. The molecule has 148 valence electrons. The predicted molar refractivity (Wildman–Crippen MR) is 103 cm³/mol. The van der Waals surface area contributed by atoms with Crippen molar-refractivity contribution in [3.63, 3.8) is 0 Å². The number of aryl methyl sites for hydroxylation is 1. The summed E-state index contributed by atoms with van der Waals surface area (Å²) < 4.78 is 0.534. The van der Waals surface area contributed by atoms with E-state index in [1.807, 2.05) is 19.1 Å². The Morgan fingerprint density at radius 1 is 1.17 bits per heavy atom. The Morgan fingerprint density at radius 3 is 2.48 bits per heavy atom. The van der Waals surface area contributed by atoms with E-state index < -0.39 is 38.9 Å². The van der Waals surface area contributed by atoms with E-state index in [9.17, 15) is 29.6 Å². The van der Waals surface area contributed by atoms with Crippen molar-refractivity contribution in [2.45, 2.75) is 13.5 Å². The first-order chi connectivity index (χ1) is 13.8. The molecule has 0 atom stereocenters. The molecule has 2 aromatic carbocycles. The molecular formula is C19H16N4O6. The largest absolute Gasteiger partial charge is 0.502 e. The van der Waals surface area contributed by atoms with Crippen LogP contribution in [-0.2, 0) is 6.54 Å². The number of nitrogens with zero attached hydrogens (tertiary/aromatic N) is 2. The first-order valence-corrected chi connectivity index (χ1v) is 8.45. The minimum absolute atomic E-state index is 0.0746. The van der Waals surface area contributed by atoms with Crippen LogP contribution in [0.4, 0.5) is 5.69 Å². The third kappa shape index (κ3) is 3.90. The molecule has 1 heterocycles.